The molecular weight excluding hydrogens is 226 g/mol. The molecule has 0 aromatic carbocycles. The highest BCUT2D eigenvalue weighted by Gasteiger charge is 2.19. The van der Waals surface area contributed by atoms with Gasteiger partial charge in [0.15, 0.2) is 0 Å². The van der Waals surface area contributed by atoms with Gasteiger partial charge in [-0.1, -0.05) is 11.6 Å². The number of nitrogens with zero attached hydrogens (tertiary/aromatic N) is 1. The van der Waals surface area contributed by atoms with Crippen molar-refractivity contribution in [3.8, 4) is 0 Å². The van der Waals surface area contributed by atoms with Gasteiger partial charge in [0, 0.05) is 12.4 Å². The number of nitrogens with one attached hydrogen (secondary N) is 1. The fourth-order valence-electron chi connectivity index (χ4n) is 0.907. The molecule has 1 N–H and O–H groups in total. The standard InChI is InChI=1S/C9H9ClF2N2O/c1-5(8(11)12)14-9(15)6-2-3-13-4-7(6)10/h2-5,8H,1H3,(H,14,15). The predicted molar refractivity (Wildman–Crippen MR) is 52.2 cm³/mol. The highest BCUT2D eigenvalue weighted by Crippen LogP contribution is 2.13. The van der Waals surface area contributed by atoms with Crippen molar-refractivity contribution in [1.82, 2.24) is 10.3 Å². The van der Waals surface area contributed by atoms with Gasteiger partial charge in [0.05, 0.1) is 16.6 Å². The first-order valence-electron chi connectivity index (χ1n) is 4.21. The van der Waals surface area contributed by atoms with Crippen LogP contribution in [0.4, 0.5) is 8.78 Å². The van der Waals surface area contributed by atoms with Gasteiger partial charge in [-0.05, 0) is 13.0 Å². The van der Waals surface area contributed by atoms with Gasteiger partial charge in [0.2, 0.25) is 0 Å². The molecule has 3 nitrogen and oxygen atoms in total. The Morgan fingerprint density at radius 3 is 2.80 bits per heavy atom. The molecule has 1 aromatic rings. The molecule has 1 aromatic heterocycles. The number of aromatic nitrogens is 1. The third-order valence-corrected chi connectivity index (χ3v) is 2.05. The molecule has 0 aliphatic carbocycles. The predicted octanol–water partition coefficient (Wildman–Crippen LogP) is 2.12. The van der Waals surface area contributed by atoms with Gasteiger partial charge in [0.1, 0.15) is 0 Å². The van der Waals surface area contributed by atoms with Crippen LogP contribution in [0.3, 0.4) is 0 Å². The fourth-order valence-corrected chi connectivity index (χ4v) is 1.11. The molecule has 0 bridgehead atoms. The Balaban J connectivity index is 2.74. The second-order valence-electron chi connectivity index (χ2n) is 2.95. The minimum atomic E-state index is -2.60. The molecule has 6 heteroatoms. The first-order valence-corrected chi connectivity index (χ1v) is 4.58. The zero-order chi connectivity index (χ0) is 11.4. The number of hydrogen-bond acceptors (Lipinski definition) is 2. The third-order valence-electron chi connectivity index (χ3n) is 1.75. The average Bonchev–Trinajstić information content (AvgIpc) is 2.18. The van der Waals surface area contributed by atoms with E-state index < -0.39 is 18.4 Å². The van der Waals surface area contributed by atoms with Crippen molar-refractivity contribution in [2.24, 2.45) is 0 Å². The summed E-state index contributed by atoms with van der Waals surface area (Å²) in [5, 5.41) is 2.27. The van der Waals surface area contributed by atoms with Gasteiger partial charge in [-0.2, -0.15) is 0 Å². The van der Waals surface area contributed by atoms with Crippen molar-refractivity contribution in [3.05, 3.63) is 29.0 Å². The van der Waals surface area contributed by atoms with Gasteiger partial charge in [-0.15, -0.1) is 0 Å². The van der Waals surface area contributed by atoms with E-state index in [0.29, 0.717) is 0 Å². The summed E-state index contributed by atoms with van der Waals surface area (Å²) in [7, 11) is 0. The number of rotatable bonds is 3. The van der Waals surface area contributed by atoms with Crippen molar-refractivity contribution < 1.29 is 13.6 Å². The summed E-state index contributed by atoms with van der Waals surface area (Å²) >= 11 is 5.67. The van der Waals surface area contributed by atoms with E-state index in [1.807, 2.05) is 0 Å². The van der Waals surface area contributed by atoms with Crippen molar-refractivity contribution >= 4 is 17.5 Å². The average molecular weight is 235 g/mol. The van der Waals surface area contributed by atoms with Crippen LogP contribution in [0.1, 0.15) is 17.3 Å². The molecule has 1 unspecified atom stereocenters. The topological polar surface area (TPSA) is 42.0 Å². The Morgan fingerprint density at radius 2 is 2.27 bits per heavy atom. The van der Waals surface area contributed by atoms with E-state index in [1.165, 1.54) is 25.4 Å². The molecule has 0 aliphatic rings. The van der Waals surface area contributed by atoms with E-state index in [0.717, 1.165) is 0 Å². The number of hydrogen-bond donors (Lipinski definition) is 1. The Morgan fingerprint density at radius 1 is 1.60 bits per heavy atom. The van der Waals surface area contributed by atoms with Crippen LogP contribution in [0.5, 0.6) is 0 Å². The monoisotopic (exact) mass is 234 g/mol. The van der Waals surface area contributed by atoms with Crippen LogP contribution in [0.2, 0.25) is 5.02 Å². The fraction of sp³-hybridized carbons (Fsp3) is 0.333. The van der Waals surface area contributed by atoms with Crippen LogP contribution < -0.4 is 5.32 Å². The molecule has 0 fully saturated rings. The molecule has 0 saturated carbocycles. The van der Waals surface area contributed by atoms with Crippen LogP contribution in [-0.2, 0) is 0 Å². The molecule has 1 amide bonds. The Bertz CT molecular complexity index is 360. The number of carbonyl (C=O) groups excluding carboxylic acids is 1. The van der Waals surface area contributed by atoms with Gasteiger partial charge in [0.25, 0.3) is 12.3 Å². The number of alkyl halides is 2. The lowest BCUT2D eigenvalue weighted by atomic mass is 10.2. The van der Waals surface area contributed by atoms with Gasteiger partial charge >= 0.3 is 0 Å². The highest BCUT2D eigenvalue weighted by atomic mass is 35.5. The molecule has 1 atom stereocenters. The number of halogens is 3. The van der Waals surface area contributed by atoms with Gasteiger partial charge in [-0.25, -0.2) is 8.78 Å². The first kappa shape index (κ1) is 11.8. The number of carbonyl (C=O) groups is 1. The van der Waals surface area contributed by atoms with Crippen molar-refractivity contribution in [2.45, 2.75) is 19.4 Å². The smallest absolute Gasteiger partial charge is 0.258 e. The maximum Gasteiger partial charge on any atom is 0.258 e. The van der Waals surface area contributed by atoms with Crippen LogP contribution in [0.25, 0.3) is 0 Å². The molecule has 15 heavy (non-hydrogen) atoms. The zero-order valence-electron chi connectivity index (χ0n) is 7.88. The van der Waals surface area contributed by atoms with E-state index >= 15 is 0 Å². The lowest BCUT2D eigenvalue weighted by molar-refractivity contribution is 0.0780. The molecule has 1 heterocycles. The Kier molecular flexibility index (Phi) is 3.96. The molecule has 0 saturated heterocycles. The second-order valence-corrected chi connectivity index (χ2v) is 3.36. The molecular formula is C9H9ClF2N2O. The molecule has 1 rings (SSSR count). The van der Waals surface area contributed by atoms with Gasteiger partial charge < -0.3 is 5.32 Å². The molecule has 82 valence electrons. The maximum absolute atomic E-state index is 12.1. The first-order chi connectivity index (χ1) is 7.02. The zero-order valence-corrected chi connectivity index (χ0v) is 8.63. The Hall–Kier alpha value is -1.23. The summed E-state index contributed by atoms with van der Waals surface area (Å²) in [6.07, 6.45) is 0.0479. The number of amides is 1. The minimum Gasteiger partial charge on any atom is -0.344 e. The van der Waals surface area contributed by atoms with Crippen molar-refractivity contribution in [2.75, 3.05) is 0 Å². The van der Waals surface area contributed by atoms with E-state index in [1.54, 1.807) is 0 Å². The third kappa shape index (κ3) is 3.13. The van der Waals surface area contributed by atoms with Crippen molar-refractivity contribution in [1.29, 1.82) is 0 Å². The quantitative estimate of drug-likeness (QED) is 0.871. The highest BCUT2D eigenvalue weighted by molar-refractivity contribution is 6.33. The minimum absolute atomic E-state index is 0.136. The van der Waals surface area contributed by atoms with E-state index in [2.05, 4.69) is 10.3 Å². The van der Waals surface area contributed by atoms with E-state index in [-0.39, 0.29) is 10.6 Å². The largest absolute Gasteiger partial charge is 0.344 e. The second kappa shape index (κ2) is 5.02. The summed E-state index contributed by atoms with van der Waals surface area (Å²) in [4.78, 5) is 15.1. The molecule has 0 radical (unpaired) electrons. The summed E-state index contributed by atoms with van der Waals surface area (Å²) in [5.41, 5.74) is 0.138. The summed E-state index contributed by atoms with van der Waals surface area (Å²) in [5.74, 6) is -0.629. The maximum atomic E-state index is 12.1. The SMILES string of the molecule is CC(NC(=O)c1ccncc1Cl)C(F)F. The summed E-state index contributed by atoms with van der Waals surface area (Å²) < 4.78 is 24.3. The van der Waals surface area contributed by atoms with Crippen molar-refractivity contribution in [3.63, 3.8) is 0 Å². The molecule has 0 spiro atoms. The van der Waals surface area contributed by atoms with Crippen LogP contribution >= 0.6 is 11.6 Å². The lowest BCUT2D eigenvalue weighted by Gasteiger charge is -2.12. The normalized spacial score (nSPS) is 12.6. The van der Waals surface area contributed by atoms with Crippen LogP contribution in [0, 0.1) is 0 Å². The number of pyridine rings is 1. The van der Waals surface area contributed by atoms with E-state index in [9.17, 15) is 13.6 Å². The summed E-state index contributed by atoms with van der Waals surface area (Å²) in [6, 6.07) is 0.164. The summed E-state index contributed by atoms with van der Waals surface area (Å²) in [6.45, 7) is 1.22. The molecule has 0 aliphatic heterocycles. The van der Waals surface area contributed by atoms with Crippen LogP contribution in [0.15, 0.2) is 18.5 Å². The van der Waals surface area contributed by atoms with Gasteiger partial charge in [-0.3, -0.25) is 9.78 Å². The lowest BCUT2D eigenvalue weighted by Crippen LogP contribution is -2.37. The van der Waals surface area contributed by atoms with E-state index in [4.69, 9.17) is 11.6 Å². The van der Waals surface area contributed by atoms with Crippen LogP contribution in [-0.4, -0.2) is 23.4 Å². The Labute approximate surface area is 90.5 Å².